The summed E-state index contributed by atoms with van der Waals surface area (Å²) in [4.78, 5) is 24.7. The van der Waals surface area contributed by atoms with Gasteiger partial charge in [-0.1, -0.05) is 43.7 Å². The minimum Gasteiger partial charge on any atom is -0.462 e. The van der Waals surface area contributed by atoms with Crippen LogP contribution in [0.1, 0.15) is 76.5 Å². The number of aryl methyl sites for hydroxylation is 1. The number of rotatable bonds is 10. The number of carbonyl (C=O) groups is 2. The Bertz CT molecular complexity index is 1890. The molecule has 3 aromatic rings. The number of fused-ring (bicyclic) bond motifs is 7. The molecule has 2 fully saturated rings. The number of carbonyl (C=O) groups excluding carboxylic acids is 2. The normalized spacial score (nSPS) is 28.8. The van der Waals surface area contributed by atoms with Crippen LogP contribution in [-0.4, -0.2) is 54.6 Å². The number of nitrogens with zero attached hydrogens (tertiary/aromatic N) is 4. The number of benzene rings is 1. The molecule has 49 heavy (non-hydrogen) atoms. The zero-order valence-electron chi connectivity index (χ0n) is 28.0. The SMILES string of the molecule is Cn1ncc2c1[C@@]1(C)CC[C@H]3[C@@H](CC=C4C[C@@H](OC(=O)CCC(=O)OCCOc5no[n+]([O-])c5S(=O)(=O)c5ccccc5)CC[C@@]43C)[C@@H]1C2. The van der Waals surface area contributed by atoms with Crippen molar-refractivity contribution in [3.63, 3.8) is 0 Å². The lowest BCUT2D eigenvalue weighted by atomic mass is 9.48. The Morgan fingerprint density at radius 2 is 1.80 bits per heavy atom. The first-order valence-corrected chi connectivity index (χ1v) is 18.5. The van der Waals surface area contributed by atoms with Gasteiger partial charge in [-0.3, -0.25) is 18.9 Å². The predicted molar refractivity (Wildman–Crippen MR) is 172 cm³/mol. The fraction of sp³-hybridized carbons (Fsp3) is 0.571. The van der Waals surface area contributed by atoms with Gasteiger partial charge < -0.3 is 19.4 Å². The van der Waals surface area contributed by atoms with Crippen molar-refractivity contribution in [2.45, 2.75) is 93.1 Å². The van der Waals surface area contributed by atoms with Gasteiger partial charge in [0.25, 0.3) is 9.84 Å². The number of allylic oxidation sites excluding steroid dienone is 1. The minimum absolute atomic E-state index is 0.110. The lowest BCUT2D eigenvalue weighted by Gasteiger charge is -2.57. The van der Waals surface area contributed by atoms with Gasteiger partial charge in [-0.05, 0) is 84.3 Å². The molecule has 1 aromatic carbocycles. The van der Waals surface area contributed by atoms with Crippen LogP contribution in [0.15, 0.2) is 62.7 Å². The van der Waals surface area contributed by atoms with E-state index in [9.17, 15) is 23.2 Å². The summed E-state index contributed by atoms with van der Waals surface area (Å²) in [5, 5.41) is 19.1. The number of hydrogen-bond acceptors (Lipinski definition) is 11. The van der Waals surface area contributed by atoms with Crippen LogP contribution in [0.2, 0.25) is 0 Å². The third-order valence-corrected chi connectivity index (χ3v) is 13.4. The van der Waals surface area contributed by atoms with Crippen molar-refractivity contribution in [3.8, 4) is 5.88 Å². The second-order valence-electron chi connectivity index (χ2n) is 14.3. The number of sulfone groups is 1. The topological polar surface area (TPSA) is 167 Å². The molecule has 0 saturated heterocycles. The molecule has 13 nitrogen and oxygen atoms in total. The molecule has 4 aliphatic rings. The third-order valence-electron chi connectivity index (χ3n) is 11.7. The number of esters is 2. The van der Waals surface area contributed by atoms with E-state index >= 15 is 0 Å². The molecular weight excluding hydrogens is 652 g/mol. The van der Waals surface area contributed by atoms with Crippen LogP contribution in [0.5, 0.6) is 5.88 Å². The molecule has 4 aliphatic carbocycles. The van der Waals surface area contributed by atoms with Crippen molar-refractivity contribution in [2.24, 2.45) is 30.2 Å². The Morgan fingerprint density at radius 3 is 2.59 bits per heavy atom. The highest BCUT2D eigenvalue weighted by Crippen LogP contribution is 2.64. The Morgan fingerprint density at radius 1 is 1.04 bits per heavy atom. The van der Waals surface area contributed by atoms with Crippen LogP contribution >= 0.6 is 0 Å². The average molecular weight is 695 g/mol. The molecule has 7 rings (SSSR count). The molecule has 0 aliphatic heterocycles. The summed E-state index contributed by atoms with van der Waals surface area (Å²) in [7, 11) is -2.19. The minimum atomic E-state index is -4.27. The maximum atomic E-state index is 12.9. The Labute approximate surface area is 285 Å². The maximum absolute atomic E-state index is 12.9. The van der Waals surface area contributed by atoms with Gasteiger partial charge >= 0.3 is 22.8 Å². The van der Waals surface area contributed by atoms with Crippen molar-refractivity contribution in [3.05, 3.63) is 64.6 Å². The van der Waals surface area contributed by atoms with E-state index in [-0.39, 0.29) is 52.8 Å². The molecule has 262 valence electrons. The molecule has 2 heterocycles. The summed E-state index contributed by atoms with van der Waals surface area (Å²) in [6.45, 7) is 4.32. The first kappa shape index (κ1) is 33.3. The highest BCUT2D eigenvalue weighted by atomic mass is 32.2. The molecular formula is C35H42N4O9S. The molecule has 0 bridgehead atoms. The van der Waals surface area contributed by atoms with Gasteiger partial charge in [0.2, 0.25) is 0 Å². The smallest absolute Gasteiger partial charge is 0.415 e. The van der Waals surface area contributed by atoms with Gasteiger partial charge in [0.15, 0.2) is 0 Å². The van der Waals surface area contributed by atoms with Crippen LogP contribution in [0.25, 0.3) is 0 Å². The fourth-order valence-electron chi connectivity index (χ4n) is 9.38. The van der Waals surface area contributed by atoms with Crippen LogP contribution in [0.3, 0.4) is 0 Å². The van der Waals surface area contributed by atoms with E-state index in [1.807, 2.05) is 0 Å². The molecule has 2 aromatic heterocycles. The van der Waals surface area contributed by atoms with Gasteiger partial charge in [-0.2, -0.15) is 5.10 Å². The molecule has 0 spiro atoms. The lowest BCUT2D eigenvalue weighted by molar-refractivity contribution is -0.832. The van der Waals surface area contributed by atoms with Crippen molar-refractivity contribution >= 4 is 21.8 Å². The number of ether oxygens (including phenoxy) is 3. The summed E-state index contributed by atoms with van der Waals surface area (Å²) < 4.78 is 48.5. The monoisotopic (exact) mass is 694 g/mol. The summed E-state index contributed by atoms with van der Waals surface area (Å²) in [6.07, 6.45) is 11.0. The van der Waals surface area contributed by atoms with Crippen molar-refractivity contribution < 1.29 is 41.7 Å². The Hall–Kier alpha value is -4.20. The number of aromatic nitrogens is 4. The van der Waals surface area contributed by atoms with E-state index in [0.29, 0.717) is 17.8 Å². The van der Waals surface area contributed by atoms with E-state index in [1.165, 1.54) is 53.9 Å². The van der Waals surface area contributed by atoms with E-state index in [0.717, 1.165) is 32.1 Å². The van der Waals surface area contributed by atoms with Crippen molar-refractivity contribution in [2.75, 3.05) is 13.2 Å². The quantitative estimate of drug-likeness (QED) is 0.129. The maximum Gasteiger partial charge on any atom is 0.415 e. The zero-order chi connectivity index (χ0) is 34.6. The summed E-state index contributed by atoms with van der Waals surface area (Å²) in [5.74, 6) is 0.257. The van der Waals surface area contributed by atoms with Crippen LogP contribution < -0.4 is 9.64 Å². The largest absolute Gasteiger partial charge is 0.462 e. The van der Waals surface area contributed by atoms with Crippen LogP contribution in [0, 0.1) is 28.4 Å². The predicted octanol–water partition coefficient (Wildman–Crippen LogP) is 4.17. The zero-order valence-corrected chi connectivity index (χ0v) is 28.8. The average Bonchev–Trinajstić information content (AvgIpc) is 3.75. The van der Waals surface area contributed by atoms with Crippen LogP contribution in [-0.2, 0) is 47.8 Å². The van der Waals surface area contributed by atoms with Crippen LogP contribution in [0.4, 0.5) is 0 Å². The lowest BCUT2D eigenvalue weighted by Crippen LogP contribution is -2.51. The van der Waals surface area contributed by atoms with E-state index in [2.05, 4.69) is 52.7 Å². The molecule has 14 heteroatoms. The first-order chi connectivity index (χ1) is 23.4. The van der Waals surface area contributed by atoms with Gasteiger partial charge in [0, 0.05) is 24.6 Å². The van der Waals surface area contributed by atoms with Gasteiger partial charge in [0.05, 0.1) is 29.1 Å². The second-order valence-corrected chi connectivity index (χ2v) is 16.2. The molecule has 0 amide bonds. The summed E-state index contributed by atoms with van der Waals surface area (Å²) in [6, 6.07) is 7.30. The molecule has 0 N–H and O–H groups in total. The third kappa shape index (κ3) is 5.81. The summed E-state index contributed by atoms with van der Waals surface area (Å²) >= 11 is 0. The van der Waals surface area contributed by atoms with Gasteiger partial charge in [-0.15, -0.1) is 0 Å². The Balaban J connectivity index is 0.866. The number of hydrogen-bond donors (Lipinski definition) is 0. The molecule has 0 radical (unpaired) electrons. The Kier molecular flexibility index (Phi) is 8.56. The summed E-state index contributed by atoms with van der Waals surface area (Å²) in [5.41, 5.74) is 4.54. The van der Waals surface area contributed by atoms with E-state index in [4.69, 9.17) is 14.2 Å². The highest BCUT2D eigenvalue weighted by Gasteiger charge is 2.58. The molecule has 6 atom stereocenters. The van der Waals surface area contributed by atoms with Crippen molar-refractivity contribution in [1.29, 1.82) is 0 Å². The van der Waals surface area contributed by atoms with E-state index in [1.54, 1.807) is 6.07 Å². The first-order valence-electron chi connectivity index (χ1n) is 17.0. The standard InChI is InChI=1S/C35H42N4O9S/c1-34-15-13-24(20-23(34)9-10-26-27(34)14-16-35(2)28(26)19-22-21-36-38(3)31(22)35)47-30(41)12-11-29(40)45-17-18-46-32-33(39(42)48-37-32)49(43,44)25-7-5-4-6-8-25/h4-9,21,24,26-28H,10-20H2,1-3H3/t24-,26+,27-,28-,34-,35-/m0/s1. The van der Waals surface area contributed by atoms with Crippen molar-refractivity contribution in [1.82, 2.24) is 14.9 Å². The second kappa shape index (κ2) is 12.6. The van der Waals surface area contributed by atoms with Gasteiger partial charge in [-0.25, -0.2) is 8.42 Å². The highest BCUT2D eigenvalue weighted by molar-refractivity contribution is 7.91. The molecule has 0 unspecified atom stereocenters. The fourth-order valence-corrected chi connectivity index (χ4v) is 10.7. The molecule has 2 saturated carbocycles. The van der Waals surface area contributed by atoms with Gasteiger partial charge in [0.1, 0.15) is 19.3 Å². The van der Waals surface area contributed by atoms with E-state index < -0.39 is 32.7 Å².